The number of hydrogen-bond donors (Lipinski definition) is 1. The molecule has 0 aliphatic carbocycles. The monoisotopic (exact) mass is 488 g/mol. The van der Waals surface area contributed by atoms with Gasteiger partial charge in [-0.15, -0.1) is 0 Å². The van der Waals surface area contributed by atoms with Gasteiger partial charge in [-0.3, -0.25) is 4.79 Å². The first-order valence-corrected chi connectivity index (χ1v) is 12.1. The van der Waals surface area contributed by atoms with Gasteiger partial charge in [-0.05, 0) is 37.5 Å². The number of rotatable bonds is 8. The number of nitrogens with one attached hydrogen (secondary N) is 1. The molecule has 1 N–H and O–H groups in total. The summed E-state index contributed by atoms with van der Waals surface area (Å²) in [7, 11) is 0. The van der Waals surface area contributed by atoms with Crippen LogP contribution >= 0.6 is 27.7 Å². The summed E-state index contributed by atoms with van der Waals surface area (Å²) in [6.07, 6.45) is 5.32. The molecule has 0 radical (unpaired) electrons. The summed E-state index contributed by atoms with van der Waals surface area (Å²) < 4.78 is 2.75. The van der Waals surface area contributed by atoms with Crippen molar-refractivity contribution >= 4 is 50.5 Å². The van der Waals surface area contributed by atoms with Gasteiger partial charge in [0.25, 0.3) is 5.91 Å². The van der Waals surface area contributed by atoms with Crippen molar-refractivity contribution in [2.75, 3.05) is 30.3 Å². The molecule has 7 nitrogen and oxygen atoms in total. The largest absolute Gasteiger partial charge is 0.356 e. The van der Waals surface area contributed by atoms with E-state index in [4.69, 9.17) is 9.97 Å². The minimum atomic E-state index is -0.0978. The summed E-state index contributed by atoms with van der Waals surface area (Å²) in [4.78, 5) is 24.3. The maximum absolute atomic E-state index is 12.4. The first-order chi connectivity index (χ1) is 14.7. The smallest absolute Gasteiger partial charge is 0.251 e. The van der Waals surface area contributed by atoms with E-state index in [9.17, 15) is 4.79 Å². The van der Waals surface area contributed by atoms with E-state index in [2.05, 4.69) is 38.2 Å². The zero-order valence-corrected chi connectivity index (χ0v) is 19.4. The molecule has 0 bridgehead atoms. The van der Waals surface area contributed by atoms with Gasteiger partial charge in [0.2, 0.25) is 0 Å². The molecule has 158 valence electrons. The second-order valence-electron chi connectivity index (χ2n) is 7.24. The van der Waals surface area contributed by atoms with Crippen molar-refractivity contribution in [1.82, 2.24) is 25.1 Å². The maximum atomic E-state index is 12.4. The standard InChI is InChI=1S/C21H25BrN6OS/c1-2-12-30-21-25-18(27-9-3-4-10-27)17-14-24-28(19(17)26-21)11-8-23-20(29)15-6-5-7-16(22)13-15/h5-7,13-14H,2-4,8-12H2,1H3,(H,23,29). The molecular weight excluding hydrogens is 464 g/mol. The molecule has 1 fully saturated rings. The van der Waals surface area contributed by atoms with E-state index in [0.717, 1.165) is 51.7 Å². The molecule has 4 rings (SSSR count). The Morgan fingerprint density at radius 3 is 2.87 bits per heavy atom. The minimum absolute atomic E-state index is 0.0978. The predicted octanol–water partition coefficient (Wildman–Crippen LogP) is 4.12. The highest BCUT2D eigenvalue weighted by Crippen LogP contribution is 2.29. The lowest BCUT2D eigenvalue weighted by molar-refractivity contribution is 0.0952. The van der Waals surface area contributed by atoms with Gasteiger partial charge in [0, 0.05) is 35.4 Å². The van der Waals surface area contributed by atoms with E-state index in [1.54, 1.807) is 17.8 Å². The maximum Gasteiger partial charge on any atom is 0.251 e. The molecule has 30 heavy (non-hydrogen) atoms. The van der Waals surface area contributed by atoms with Gasteiger partial charge in [-0.1, -0.05) is 40.7 Å². The number of halogens is 1. The Bertz CT molecular complexity index is 1030. The number of aromatic nitrogens is 4. The molecule has 1 aliphatic heterocycles. The summed E-state index contributed by atoms with van der Waals surface area (Å²) in [5.41, 5.74) is 1.47. The first kappa shape index (κ1) is 21.1. The molecule has 0 spiro atoms. The average Bonchev–Trinajstić information content (AvgIpc) is 3.42. The molecule has 3 heterocycles. The topological polar surface area (TPSA) is 75.9 Å². The van der Waals surface area contributed by atoms with Crippen molar-refractivity contribution in [1.29, 1.82) is 0 Å². The van der Waals surface area contributed by atoms with Crippen LogP contribution in [0.3, 0.4) is 0 Å². The fourth-order valence-electron chi connectivity index (χ4n) is 3.52. The quantitative estimate of drug-likeness (QED) is 0.379. The summed E-state index contributed by atoms with van der Waals surface area (Å²) in [6.45, 7) is 5.24. The lowest BCUT2D eigenvalue weighted by Gasteiger charge is -2.18. The summed E-state index contributed by atoms with van der Waals surface area (Å²) in [5, 5.41) is 9.30. The van der Waals surface area contributed by atoms with Crippen molar-refractivity contribution < 1.29 is 4.79 Å². The fraction of sp³-hybridized carbons (Fsp3) is 0.429. The Morgan fingerprint density at radius 2 is 2.10 bits per heavy atom. The lowest BCUT2D eigenvalue weighted by atomic mass is 10.2. The number of hydrogen-bond acceptors (Lipinski definition) is 6. The molecule has 2 aromatic heterocycles. The zero-order valence-electron chi connectivity index (χ0n) is 17.0. The van der Waals surface area contributed by atoms with Crippen LogP contribution in [-0.2, 0) is 6.54 Å². The number of nitrogens with zero attached hydrogens (tertiary/aromatic N) is 5. The van der Waals surface area contributed by atoms with E-state index in [1.807, 2.05) is 29.1 Å². The fourth-order valence-corrected chi connectivity index (χ4v) is 4.61. The number of carbonyl (C=O) groups is 1. The van der Waals surface area contributed by atoms with Gasteiger partial charge in [0.15, 0.2) is 10.8 Å². The average molecular weight is 489 g/mol. The molecule has 0 saturated carbocycles. The van der Waals surface area contributed by atoms with Gasteiger partial charge >= 0.3 is 0 Å². The number of anilines is 1. The van der Waals surface area contributed by atoms with Crippen molar-refractivity contribution in [2.45, 2.75) is 37.9 Å². The van der Waals surface area contributed by atoms with Crippen LogP contribution < -0.4 is 10.2 Å². The van der Waals surface area contributed by atoms with Crippen molar-refractivity contribution in [3.05, 3.63) is 40.5 Å². The molecule has 1 amide bonds. The molecular formula is C21H25BrN6OS. The SMILES string of the molecule is CCCSc1nc(N2CCCC2)c2cnn(CCNC(=O)c3cccc(Br)c3)c2n1. The number of thioether (sulfide) groups is 1. The number of amides is 1. The summed E-state index contributed by atoms with van der Waals surface area (Å²) in [5.74, 6) is 1.88. The van der Waals surface area contributed by atoms with E-state index in [1.165, 1.54) is 12.8 Å². The minimum Gasteiger partial charge on any atom is -0.356 e. The van der Waals surface area contributed by atoms with Gasteiger partial charge in [0.05, 0.1) is 18.1 Å². The van der Waals surface area contributed by atoms with Crippen molar-refractivity contribution in [2.24, 2.45) is 0 Å². The Hall–Kier alpha value is -2.13. The van der Waals surface area contributed by atoms with E-state index >= 15 is 0 Å². The molecule has 1 saturated heterocycles. The van der Waals surface area contributed by atoms with Gasteiger partial charge in [0.1, 0.15) is 5.82 Å². The van der Waals surface area contributed by atoms with Crippen LogP contribution in [0.4, 0.5) is 5.82 Å². The van der Waals surface area contributed by atoms with Crippen LogP contribution in [0.25, 0.3) is 11.0 Å². The van der Waals surface area contributed by atoms with E-state index < -0.39 is 0 Å². The van der Waals surface area contributed by atoms with Crippen LogP contribution in [0.15, 0.2) is 40.1 Å². The van der Waals surface area contributed by atoms with Gasteiger partial charge in [-0.2, -0.15) is 5.10 Å². The van der Waals surface area contributed by atoms with Gasteiger partial charge < -0.3 is 10.2 Å². The Morgan fingerprint density at radius 1 is 1.27 bits per heavy atom. The third-order valence-electron chi connectivity index (χ3n) is 4.99. The number of carbonyl (C=O) groups excluding carboxylic acids is 1. The third kappa shape index (κ3) is 4.78. The summed E-state index contributed by atoms with van der Waals surface area (Å²) in [6, 6.07) is 7.37. The molecule has 1 aromatic carbocycles. The van der Waals surface area contributed by atoms with E-state index in [0.29, 0.717) is 18.7 Å². The molecule has 1 aliphatic rings. The Labute approximate surface area is 188 Å². The van der Waals surface area contributed by atoms with Crippen LogP contribution in [0.2, 0.25) is 0 Å². The first-order valence-electron chi connectivity index (χ1n) is 10.3. The summed E-state index contributed by atoms with van der Waals surface area (Å²) >= 11 is 5.09. The lowest BCUT2D eigenvalue weighted by Crippen LogP contribution is -2.27. The Balaban J connectivity index is 1.52. The number of benzene rings is 1. The van der Waals surface area contributed by atoms with Crippen molar-refractivity contribution in [3.8, 4) is 0 Å². The van der Waals surface area contributed by atoms with E-state index in [-0.39, 0.29) is 5.91 Å². The molecule has 9 heteroatoms. The molecule has 0 atom stereocenters. The molecule has 3 aromatic rings. The zero-order chi connectivity index (χ0) is 20.9. The Kier molecular flexibility index (Phi) is 6.89. The van der Waals surface area contributed by atoms with Crippen LogP contribution in [0.5, 0.6) is 0 Å². The molecule has 0 unspecified atom stereocenters. The second kappa shape index (κ2) is 9.78. The van der Waals surface area contributed by atoms with Crippen LogP contribution in [0, 0.1) is 0 Å². The second-order valence-corrected chi connectivity index (χ2v) is 9.22. The third-order valence-corrected chi connectivity index (χ3v) is 6.54. The predicted molar refractivity (Wildman–Crippen MR) is 124 cm³/mol. The highest BCUT2D eigenvalue weighted by molar-refractivity contribution is 9.10. The van der Waals surface area contributed by atoms with Gasteiger partial charge in [-0.25, -0.2) is 14.6 Å². The highest BCUT2D eigenvalue weighted by atomic mass is 79.9. The van der Waals surface area contributed by atoms with Crippen molar-refractivity contribution in [3.63, 3.8) is 0 Å². The normalized spacial score (nSPS) is 13.9. The van der Waals surface area contributed by atoms with Crippen LogP contribution in [-0.4, -0.2) is 51.0 Å². The number of fused-ring (bicyclic) bond motifs is 1. The van der Waals surface area contributed by atoms with Crippen LogP contribution in [0.1, 0.15) is 36.5 Å². The highest BCUT2D eigenvalue weighted by Gasteiger charge is 2.20.